The van der Waals surface area contributed by atoms with E-state index >= 15 is 0 Å². The van der Waals surface area contributed by atoms with E-state index in [2.05, 4.69) is 4.84 Å². The van der Waals surface area contributed by atoms with Crippen molar-refractivity contribution >= 4 is 11.6 Å². The van der Waals surface area contributed by atoms with Crippen molar-refractivity contribution in [2.24, 2.45) is 5.90 Å². The Bertz CT molecular complexity index is 280. The minimum Gasteiger partial charge on any atom is -0.449 e. The lowest BCUT2D eigenvalue weighted by atomic mass is 10.1. The molecule has 1 fully saturated rings. The van der Waals surface area contributed by atoms with Crippen LogP contribution in [0.25, 0.3) is 0 Å². The van der Waals surface area contributed by atoms with Crippen LogP contribution >= 0.6 is 11.6 Å². The molecule has 0 radical (unpaired) electrons. The summed E-state index contributed by atoms with van der Waals surface area (Å²) in [7, 11) is 0. The van der Waals surface area contributed by atoms with E-state index in [1.807, 2.05) is 6.07 Å². The molecular formula is C8H10ClNO2. The fourth-order valence-corrected chi connectivity index (χ4v) is 1.52. The molecule has 0 bridgehead atoms. The molecule has 4 heteroatoms. The third-order valence-corrected chi connectivity index (χ3v) is 2.51. The quantitative estimate of drug-likeness (QED) is 0.735. The largest absolute Gasteiger partial charge is 0.449 e. The Hall–Kier alpha value is -0.510. The molecule has 0 saturated heterocycles. The molecule has 1 aliphatic carbocycles. The Morgan fingerprint density at radius 1 is 1.58 bits per heavy atom. The molecule has 0 unspecified atom stereocenters. The summed E-state index contributed by atoms with van der Waals surface area (Å²) in [4.78, 5) is 4.63. The first-order valence-electron chi connectivity index (χ1n) is 3.84. The standard InChI is InChI=1S/C8H10ClNO2/c9-7-2-1-6(12-7)8(3-4-8)5-11-10/h1-2H,3-5,10H2. The third-order valence-electron chi connectivity index (χ3n) is 2.31. The van der Waals surface area contributed by atoms with Gasteiger partial charge in [0.15, 0.2) is 5.22 Å². The smallest absolute Gasteiger partial charge is 0.193 e. The number of hydrogen-bond acceptors (Lipinski definition) is 3. The summed E-state index contributed by atoms with van der Waals surface area (Å²) >= 11 is 5.66. The summed E-state index contributed by atoms with van der Waals surface area (Å²) in [5, 5.41) is 0.424. The second-order valence-electron chi connectivity index (χ2n) is 3.20. The van der Waals surface area contributed by atoms with Gasteiger partial charge in [-0.05, 0) is 36.6 Å². The van der Waals surface area contributed by atoms with Gasteiger partial charge in [0.25, 0.3) is 0 Å². The van der Waals surface area contributed by atoms with Crippen molar-refractivity contribution in [1.82, 2.24) is 0 Å². The van der Waals surface area contributed by atoms with E-state index in [1.54, 1.807) is 6.07 Å². The molecule has 2 rings (SSSR count). The van der Waals surface area contributed by atoms with Crippen LogP contribution in [0.4, 0.5) is 0 Å². The van der Waals surface area contributed by atoms with Gasteiger partial charge in [0.1, 0.15) is 5.76 Å². The van der Waals surface area contributed by atoms with Crippen LogP contribution in [0.3, 0.4) is 0 Å². The van der Waals surface area contributed by atoms with Crippen molar-refractivity contribution in [3.05, 3.63) is 23.1 Å². The fraction of sp³-hybridized carbons (Fsp3) is 0.500. The maximum Gasteiger partial charge on any atom is 0.193 e. The van der Waals surface area contributed by atoms with E-state index in [4.69, 9.17) is 21.9 Å². The highest BCUT2D eigenvalue weighted by Gasteiger charge is 2.47. The first kappa shape index (κ1) is 8.10. The Morgan fingerprint density at radius 2 is 2.33 bits per heavy atom. The minimum absolute atomic E-state index is 0.0158. The molecule has 1 saturated carbocycles. The molecule has 0 amide bonds. The highest BCUT2D eigenvalue weighted by molar-refractivity contribution is 6.28. The zero-order chi connectivity index (χ0) is 8.60. The van der Waals surface area contributed by atoms with Crippen molar-refractivity contribution in [1.29, 1.82) is 0 Å². The van der Waals surface area contributed by atoms with Crippen LogP contribution in [0.2, 0.25) is 5.22 Å². The van der Waals surface area contributed by atoms with Crippen molar-refractivity contribution in [3.8, 4) is 0 Å². The Kier molecular flexibility index (Phi) is 1.87. The monoisotopic (exact) mass is 187 g/mol. The summed E-state index contributed by atoms with van der Waals surface area (Å²) in [6.45, 7) is 0.511. The Morgan fingerprint density at radius 3 is 2.75 bits per heavy atom. The van der Waals surface area contributed by atoms with Crippen LogP contribution < -0.4 is 5.90 Å². The molecule has 1 aromatic heterocycles. The van der Waals surface area contributed by atoms with Gasteiger partial charge in [0.2, 0.25) is 0 Å². The fourth-order valence-electron chi connectivity index (χ4n) is 1.37. The molecular weight excluding hydrogens is 178 g/mol. The van der Waals surface area contributed by atoms with Gasteiger partial charge < -0.3 is 9.25 Å². The molecule has 0 aromatic carbocycles. The van der Waals surface area contributed by atoms with Crippen LogP contribution in [-0.4, -0.2) is 6.61 Å². The maximum absolute atomic E-state index is 5.66. The second kappa shape index (κ2) is 2.76. The lowest BCUT2D eigenvalue weighted by Crippen LogP contribution is -2.17. The first-order valence-corrected chi connectivity index (χ1v) is 4.22. The van der Waals surface area contributed by atoms with Gasteiger partial charge in [-0.2, -0.15) is 0 Å². The van der Waals surface area contributed by atoms with Crippen LogP contribution in [0, 0.1) is 0 Å². The first-order chi connectivity index (χ1) is 5.77. The second-order valence-corrected chi connectivity index (χ2v) is 3.57. The molecule has 0 spiro atoms. The molecule has 1 aliphatic rings. The van der Waals surface area contributed by atoms with E-state index in [0.29, 0.717) is 11.8 Å². The van der Waals surface area contributed by atoms with Gasteiger partial charge >= 0.3 is 0 Å². The van der Waals surface area contributed by atoms with Gasteiger partial charge in [-0.3, -0.25) is 0 Å². The number of rotatable bonds is 3. The number of nitrogens with two attached hydrogens (primary N) is 1. The lowest BCUT2D eigenvalue weighted by Gasteiger charge is -2.08. The maximum atomic E-state index is 5.66. The molecule has 1 aromatic rings. The molecule has 12 heavy (non-hydrogen) atoms. The molecule has 66 valence electrons. The van der Waals surface area contributed by atoms with E-state index < -0.39 is 0 Å². The van der Waals surface area contributed by atoms with Gasteiger partial charge in [-0.15, -0.1) is 0 Å². The lowest BCUT2D eigenvalue weighted by molar-refractivity contribution is 0.109. The highest BCUT2D eigenvalue weighted by atomic mass is 35.5. The normalized spacial score (nSPS) is 19.5. The zero-order valence-corrected chi connectivity index (χ0v) is 7.30. The summed E-state index contributed by atoms with van der Waals surface area (Å²) < 4.78 is 5.29. The number of halogens is 1. The Labute approximate surface area is 75.4 Å². The third kappa shape index (κ3) is 1.24. The summed E-state index contributed by atoms with van der Waals surface area (Å²) in [5.74, 6) is 5.91. The van der Waals surface area contributed by atoms with Crippen LogP contribution in [0.15, 0.2) is 16.5 Å². The summed E-state index contributed by atoms with van der Waals surface area (Å²) in [5.41, 5.74) is 0.0158. The summed E-state index contributed by atoms with van der Waals surface area (Å²) in [6.07, 6.45) is 2.13. The average molecular weight is 188 g/mol. The van der Waals surface area contributed by atoms with Crippen molar-refractivity contribution in [2.75, 3.05) is 6.61 Å². The number of furan rings is 1. The predicted octanol–water partition coefficient (Wildman–Crippen LogP) is 1.85. The number of hydrogen-bond donors (Lipinski definition) is 1. The molecule has 3 nitrogen and oxygen atoms in total. The predicted molar refractivity (Wildman–Crippen MR) is 44.8 cm³/mol. The molecule has 0 aliphatic heterocycles. The van der Waals surface area contributed by atoms with Gasteiger partial charge in [-0.25, -0.2) is 5.90 Å². The van der Waals surface area contributed by atoms with Crippen molar-refractivity contribution < 1.29 is 9.25 Å². The SMILES string of the molecule is NOCC1(c2ccc(Cl)o2)CC1. The van der Waals surface area contributed by atoms with E-state index in [9.17, 15) is 0 Å². The van der Waals surface area contributed by atoms with Gasteiger partial charge in [-0.1, -0.05) is 0 Å². The highest BCUT2D eigenvalue weighted by Crippen LogP contribution is 2.48. The van der Waals surface area contributed by atoms with Gasteiger partial charge in [0, 0.05) is 0 Å². The average Bonchev–Trinajstić information content (AvgIpc) is 2.69. The van der Waals surface area contributed by atoms with Crippen LogP contribution in [0.5, 0.6) is 0 Å². The molecule has 2 N–H and O–H groups in total. The van der Waals surface area contributed by atoms with Crippen LogP contribution in [-0.2, 0) is 10.3 Å². The summed E-state index contributed by atoms with van der Waals surface area (Å²) in [6, 6.07) is 3.63. The molecule has 0 atom stereocenters. The van der Waals surface area contributed by atoms with E-state index in [0.717, 1.165) is 18.6 Å². The van der Waals surface area contributed by atoms with Crippen molar-refractivity contribution in [2.45, 2.75) is 18.3 Å². The van der Waals surface area contributed by atoms with E-state index in [1.165, 1.54) is 0 Å². The minimum atomic E-state index is 0.0158. The zero-order valence-electron chi connectivity index (χ0n) is 6.55. The molecule has 1 heterocycles. The van der Waals surface area contributed by atoms with E-state index in [-0.39, 0.29) is 5.41 Å². The van der Waals surface area contributed by atoms with Crippen molar-refractivity contribution in [3.63, 3.8) is 0 Å². The van der Waals surface area contributed by atoms with Crippen LogP contribution in [0.1, 0.15) is 18.6 Å². The van der Waals surface area contributed by atoms with Gasteiger partial charge in [0.05, 0.1) is 12.0 Å². The Balaban J connectivity index is 2.18. The topological polar surface area (TPSA) is 48.4 Å².